The molecule has 3 rings (SSSR count). The molecule has 1 N–H and O–H groups in total. The first-order valence-electron chi connectivity index (χ1n) is 6.80. The first-order chi connectivity index (χ1) is 10.0. The summed E-state index contributed by atoms with van der Waals surface area (Å²) >= 11 is 5.86. The minimum atomic E-state index is -2.85. The van der Waals surface area contributed by atoms with Crippen LogP contribution in [0.2, 0.25) is 5.02 Å². The molecule has 0 saturated carbocycles. The maximum Gasteiger partial charge on any atom is 0.151 e. The van der Waals surface area contributed by atoms with E-state index in [1.807, 2.05) is 36.4 Å². The van der Waals surface area contributed by atoms with E-state index in [0.29, 0.717) is 18.0 Å². The minimum Gasteiger partial charge on any atom is -0.460 e. The van der Waals surface area contributed by atoms with Crippen molar-refractivity contribution in [1.82, 2.24) is 5.32 Å². The van der Waals surface area contributed by atoms with Gasteiger partial charge >= 0.3 is 0 Å². The van der Waals surface area contributed by atoms with Crippen molar-refractivity contribution in [2.45, 2.75) is 19.0 Å². The lowest BCUT2D eigenvalue weighted by Crippen LogP contribution is -2.29. The first-order valence-corrected chi connectivity index (χ1v) is 9.00. The molecule has 21 heavy (non-hydrogen) atoms. The van der Waals surface area contributed by atoms with Crippen LogP contribution in [0, 0.1) is 0 Å². The van der Waals surface area contributed by atoms with Crippen LogP contribution in [-0.2, 0) is 16.4 Å². The SMILES string of the molecule is O=S1(=O)CCC(NCc2ccc(-c3ccc(Cl)cc3)o2)C1. The smallest absolute Gasteiger partial charge is 0.151 e. The van der Waals surface area contributed by atoms with Crippen LogP contribution in [0.5, 0.6) is 0 Å². The van der Waals surface area contributed by atoms with E-state index in [2.05, 4.69) is 5.32 Å². The van der Waals surface area contributed by atoms with Gasteiger partial charge in [-0.15, -0.1) is 0 Å². The second-order valence-electron chi connectivity index (χ2n) is 5.25. The van der Waals surface area contributed by atoms with Crippen LogP contribution in [0.4, 0.5) is 0 Å². The van der Waals surface area contributed by atoms with E-state index < -0.39 is 9.84 Å². The summed E-state index contributed by atoms with van der Waals surface area (Å²) in [6.45, 7) is 0.535. The molecule has 2 aromatic rings. The normalized spacial score (nSPS) is 20.7. The van der Waals surface area contributed by atoms with Crippen molar-refractivity contribution < 1.29 is 12.8 Å². The van der Waals surface area contributed by atoms with Crippen LogP contribution in [0.3, 0.4) is 0 Å². The minimum absolute atomic E-state index is 0.0269. The topological polar surface area (TPSA) is 59.3 Å². The molecule has 1 atom stereocenters. The average Bonchev–Trinajstić information content (AvgIpc) is 3.04. The van der Waals surface area contributed by atoms with Gasteiger partial charge in [0.15, 0.2) is 9.84 Å². The molecule has 0 bridgehead atoms. The van der Waals surface area contributed by atoms with Gasteiger partial charge in [-0.1, -0.05) is 11.6 Å². The van der Waals surface area contributed by atoms with Gasteiger partial charge in [0.2, 0.25) is 0 Å². The zero-order valence-corrected chi connectivity index (χ0v) is 13.0. The Morgan fingerprint density at radius 2 is 1.95 bits per heavy atom. The Labute approximate surface area is 129 Å². The Morgan fingerprint density at radius 1 is 1.19 bits per heavy atom. The van der Waals surface area contributed by atoms with Gasteiger partial charge in [-0.3, -0.25) is 0 Å². The monoisotopic (exact) mass is 325 g/mol. The molecule has 1 aromatic heterocycles. The second kappa shape index (κ2) is 5.83. The van der Waals surface area contributed by atoms with Crippen molar-refractivity contribution in [3.05, 3.63) is 47.2 Å². The number of halogens is 1. The molecule has 0 amide bonds. The molecule has 1 saturated heterocycles. The molecule has 1 aliphatic rings. The molecule has 0 aliphatic carbocycles. The predicted molar refractivity (Wildman–Crippen MR) is 83.1 cm³/mol. The Bertz CT molecular complexity index is 722. The molecule has 1 aromatic carbocycles. The molecule has 0 radical (unpaired) electrons. The molecule has 2 heterocycles. The molecular weight excluding hydrogens is 310 g/mol. The summed E-state index contributed by atoms with van der Waals surface area (Å²) in [5, 5.41) is 3.92. The Morgan fingerprint density at radius 3 is 2.62 bits per heavy atom. The zero-order chi connectivity index (χ0) is 14.9. The highest BCUT2D eigenvalue weighted by Crippen LogP contribution is 2.24. The average molecular weight is 326 g/mol. The van der Waals surface area contributed by atoms with E-state index >= 15 is 0 Å². The molecule has 4 nitrogen and oxygen atoms in total. The summed E-state index contributed by atoms with van der Waals surface area (Å²) in [5.41, 5.74) is 0.967. The van der Waals surface area contributed by atoms with Gasteiger partial charge in [-0.05, 0) is 42.8 Å². The molecule has 0 spiro atoms. The van der Waals surface area contributed by atoms with E-state index in [9.17, 15) is 8.42 Å². The van der Waals surface area contributed by atoms with Crippen molar-refractivity contribution >= 4 is 21.4 Å². The number of hydrogen-bond acceptors (Lipinski definition) is 4. The standard InChI is InChI=1S/C15H16ClNO3S/c16-12-3-1-11(2-4-12)15-6-5-14(20-15)9-17-13-7-8-21(18,19)10-13/h1-6,13,17H,7-10H2. The lowest BCUT2D eigenvalue weighted by Gasteiger charge is -2.08. The molecule has 1 unspecified atom stereocenters. The maximum absolute atomic E-state index is 11.4. The number of nitrogens with one attached hydrogen (secondary N) is 1. The van der Waals surface area contributed by atoms with E-state index in [-0.39, 0.29) is 17.5 Å². The third-order valence-corrected chi connectivity index (χ3v) is 5.61. The van der Waals surface area contributed by atoms with Gasteiger partial charge in [0.05, 0.1) is 18.1 Å². The fourth-order valence-electron chi connectivity index (χ4n) is 2.44. The van der Waals surface area contributed by atoms with Gasteiger partial charge in [0.1, 0.15) is 11.5 Å². The summed E-state index contributed by atoms with van der Waals surface area (Å²) in [6, 6.07) is 11.3. The first kappa shape index (κ1) is 14.6. The van der Waals surface area contributed by atoms with Gasteiger partial charge in [-0.2, -0.15) is 0 Å². The molecule has 6 heteroatoms. The van der Waals surface area contributed by atoms with E-state index in [0.717, 1.165) is 17.1 Å². The third-order valence-electron chi connectivity index (χ3n) is 3.59. The maximum atomic E-state index is 11.4. The van der Waals surface area contributed by atoms with E-state index in [1.165, 1.54) is 0 Å². The van der Waals surface area contributed by atoms with Crippen LogP contribution < -0.4 is 5.32 Å². The van der Waals surface area contributed by atoms with Crippen molar-refractivity contribution in [2.24, 2.45) is 0 Å². The fourth-order valence-corrected chi connectivity index (χ4v) is 4.28. The van der Waals surface area contributed by atoms with Crippen LogP contribution in [0.15, 0.2) is 40.8 Å². The summed E-state index contributed by atoms with van der Waals surface area (Å²) in [4.78, 5) is 0. The zero-order valence-electron chi connectivity index (χ0n) is 11.4. The lowest BCUT2D eigenvalue weighted by molar-refractivity contribution is 0.464. The van der Waals surface area contributed by atoms with Crippen molar-refractivity contribution in [1.29, 1.82) is 0 Å². The van der Waals surface area contributed by atoms with Gasteiger partial charge in [0, 0.05) is 16.6 Å². The molecule has 1 aliphatic heterocycles. The number of hydrogen-bond donors (Lipinski definition) is 1. The van der Waals surface area contributed by atoms with Crippen molar-refractivity contribution in [2.75, 3.05) is 11.5 Å². The largest absolute Gasteiger partial charge is 0.460 e. The van der Waals surface area contributed by atoms with Crippen LogP contribution in [0.1, 0.15) is 12.2 Å². The third kappa shape index (κ3) is 3.67. The van der Waals surface area contributed by atoms with Crippen LogP contribution in [-0.4, -0.2) is 26.0 Å². The Balaban J connectivity index is 1.62. The summed E-state index contributed by atoms with van der Waals surface area (Å²) in [7, 11) is -2.85. The Hall–Kier alpha value is -1.30. The quantitative estimate of drug-likeness (QED) is 0.939. The van der Waals surface area contributed by atoms with Gasteiger partial charge < -0.3 is 9.73 Å². The Kier molecular flexibility index (Phi) is 4.06. The summed E-state index contributed by atoms with van der Waals surface area (Å²) < 4.78 is 28.6. The highest BCUT2D eigenvalue weighted by Gasteiger charge is 2.27. The molecular formula is C15H16ClNO3S. The predicted octanol–water partition coefficient (Wildman–Crippen LogP) is 2.88. The second-order valence-corrected chi connectivity index (χ2v) is 7.92. The molecule has 112 valence electrons. The van der Waals surface area contributed by atoms with Crippen molar-refractivity contribution in [3.8, 4) is 11.3 Å². The van der Waals surface area contributed by atoms with E-state index in [4.69, 9.17) is 16.0 Å². The molecule has 1 fully saturated rings. The number of furan rings is 1. The fraction of sp³-hybridized carbons (Fsp3) is 0.333. The highest BCUT2D eigenvalue weighted by atomic mass is 35.5. The van der Waals surface area contributed by atoms with Gasteiger partial charge in [0.25, 0.3) is 0 Å². The number of sulfone groups is 1. The van der Waals surface area contributed by atoms with E-state index in [1.54, 1.807) is 0 Å². The number of benzene rings is 1. The van der Waals surface area contributed by atoms with Crippen LogP contribution >= 0.6 is 11.6 Å². The van der Waals surface area contributed by atoms with Crippen LogP contribution in [0.25, 0.3) is 11.3 Å². The van der Waals surface area contributed by atoms with Gasteiger partial charge in [-0.25, -0.2) is 8.42 Å². The summed E-state index contributed by atoms with van der Waals surface area (Å²) in [5.74, 6) is 2.07. The summed E-state index contributed by atoms with van der Waals surface area (Å²) in [6.07, 6.45) is 0.674. The highest BCUT2D eigenvalue weighted by molar-refractivity contribution is 7.91. The lowest BCUT2D eigenvalue weighted by atomic mass is 10.2. The van der Waals surface area contributed by atoms with Crippen molar-refractivity contribution in [3.63, 3.8) is 0 Å². The number of rotatable bonds is 4.